The van der Waals surface area contributed by atoms with Gasteiger partial charge in [0.25, 0.3) is 0 Å². The SMILES string of the molecule is Cc1ccc(S(=O)(=O)N2CC23CCC3)cc1. The molecule has 1 aliphatic heterocycles. The molecule has 1 spiro atoms. The number of sulfonamides is 1. The second kappa shape index (κ2) is 3.08. The largest absolute Gasteiger partial charge is 0.243 e. The van der Waals surface area contributed by atoms with E-state index in [1.54, 1.807) is 16.4 Å². The maximum absolute atomic E-state index is 12.2. The summed E-state index contributed by atoms with van der Waals surface area (Å²) in [7, 11) is -3.22. The van der Waals surface area contributed by atoms with Crippen molar-refractivity contribution in [1.82, 2.24) is 4.31 Å². The molecule has 0 radical (unpaired) electrons. The van der Waals surface area contributed by atoms with Gasteiger partial charge < -0.3 is 0 Å². The average molecular weight is 237 g/mol. The highest BCUT2D eigenvalue weighted by molar-refractivity contribution is 7.89. The fourth-order valence-corrected chi connectivity index (χ4v) is 4.24. The Morgan fingerprint density at radius 2 is 1.81 bits per heavy atom. The van der Waals surface area contributed by atoms with Crippen LogP contribution in [-0.2, 0) is 10.0 Å². The Balaban J connectivity index is 1.91. The third kappa shape index (κ3) is 1.33. The molecule has 2 aliphatic rings. The maximum atomic E-state index is 12.2. The van der Waals surface area contributed by atoms with Crippen molar-refractivity contribution in [2.75, 3.05) is 6.54 Å². The standard InChI is InChI=1S/C12H15NO2S/c1-10-3-5-11(6-4-10)16(14,15)13-9-12(13)7-2-8-12/h3-6H,2,7-9H2,1H3. The van der Waals surface area contributed by atoms with Gasteiger partial charge in [-0.3, -0.25) is 0 Å². The molecule has 1 aromatic carbocycles. The lowest BCUT2D eigenvalue weighted by Crippen LogP contribution is -2.30. The first-order valence-corrected chi connectivity index (χ1v) is 7.08. The zero-order chi connectivity index (χ0) is 11.4. The van der Waals surface area contributed by atoms with Gasteiger partial charge in [0.1, 0.15) is 0 Å². The molecule has 2 fully saturated rings. The number of hydrogen-bond acceptors (Lipinski definition) is 2. The Labute approximate surface area is 96.1 Å². The maximum Gasteiger partial charge on any atom is 0.243 e. The van der Waals surface area contributed by atoms with Crippen molar-refractivity contribution in [2.24, 2.45) is 0 Å². The smallest absolute Gasteiger partial charge is 0.207 e. The third-order valence-corrected chi connectivity index (χ3v) is 5.72. The summed E-state index contributed by atoms with van der Waals surface area (Å²) < 4.78 is 26.1. The molecule has 3 nitrogen and oxygen atoms in total. The highest BCUT2D eigenvalue weighted by Gasteiger charge is 2.61. The molecule has 1 atom stereocenters. The molecule has 1 saturated carbocycles. The summed E-state index contributed by atoms with van der Waals surface area (Å²) in [6, 6.07) is 7.11. The molecular weight excluding hydrogens is 222 g/mol. The van der Waals surface area contributed by atoms with Crippen LogP contribution < -0.4 is 0 Å². The summed E-state index contributed by atoms with van der Waals surface area (Å²) in [4.78, 5) is 0.432. The van der Waals surface area contributed by atoms with Gasteiger partial charge in [0, 0.05) is 6.54 Å². The lowest BCUT2D eigenvalue weighted by Gasteiger charge is -2.25. The van der Waals surface area contributed by atoms with Crippen LogP contribution in [0, 0.1) is 6.92 Å². The highest BCUT2D eigenvalue weighted by Crippen LogP contribution is 2.52. The summed E-state index contributed by atoms with van der Waals surface area (Å²) >= 11 is 0. The van der Waals surface area contributed by atoms with E-state index < -0.39 is 10.0 Å². The van der Waals surface area contributed by atoms with Crippen LogP contribution in [0.3, 0.4) is 0 Å². The van der Waals surface area contributed by atoms with Crippen LogP contribution >= 0.6 is 0 Å². The average Bonchev–Trinajstić information content (AvgIpc) is 2.93. The fourth-order valence-electron chi connectivity index (χ4n) is 2.40. The van der Waals surface area contributed by atoms with Gasteiger partial charge in [-0.05, 0) is 38.3 Å². The molecule has 1 saturated heterocycles. The molecule has 1 heterocycles. The van der Waals surface area contributed by atoms with Crippen LogP contribution in [0.5, 0.6) is 0 Å². The Bertz CT molecular complexity index is 514. The molecule has 0 N–H and O–H groups in total. The number of benzene rings is 1. The van der Waals surface area contributed by atoms with Crippen molar-refractivity contribution in [2.45, 2.75) is 36.6 Å². The summed E-state index contributed by atoms with van der Waals surface area (Å²) in [6.45, 7) is 2.68. The zero-order valence-corrected chi connectivity index (χ0v) is 10.1. The van der Waals surface area contributed by atoms with E-state index in [-0.39, 0.29) is 5.54 Å². The number of aryl methyl sites for hydroxylation is 1. The second-order valence-corrected chi connectivity index (χ2v) is 6.76. The van der Waals surface area contributed by atoms with Crippen LogP contribution in [0.4, 0.5) is 0 Å². The quantitative estimate of drug-likeness (QED) is 0.737. The third-order valence-electron chi connectivity index (χ3n) is 3.76. The Morgan fingerprint density at radius 3 is 2.25 bits per heavy atom. The predicted molar refractivity (Wildman–Crippen MR) is 61.7 cm³/mol. The first-order valence-electron chi connectivity index (χ1n) is 5.64. The molecule has 3 rings (SSSR count). The Hall–Kier alpha value is -0.870. The van der Waals surface area contributed by atoms with E-state index in [0.29, 0.717) is 4.90 Å². The summed E-state index contributed by atoms with van der Waals surface area (Å²) in [5.41, 5.74) is 1.10. The van der Waals surface area contributed by atoms with Crippen LogP contribution in [0.1, 0.15) is 24.8 Å². The lowest BCUT2D eigenvalue weighted by atomic mass is 9.85. The van der Waals surface area contributed by atoms with E-state index in [4.69, 9.17) is 0 Å². The molecule has 86 valence electrons. The normalized spacial score (nSPS) is 26.4. The van der Waals surface area contributed by atoms with E-state index in [0.717, 1.165) is 24.9 Å². The minimum Gasteiger partial charge on any atom is -0.207 e. The van der Waals surface area contributed by atoms with E-state index in [1.807, 2.05) is 19.1 Å². The lowest BCUT2D eigenvalue weighted by molar-refractivity contribution is 0.329. The van der Waals surface area contributed by atoms with Gasteiger partial charge in [0.2, 0.25) is 10.0 Å². The van der Waals surface area contributed by atoms with Crippen LogP contribution in [0.25, 0.3) is 0 Å². The van der Waals surface area contributed by atoms with Crippen molar-refractivity contribution in [3.05, 3.63) is 29.8 Å². The second-order valence-electron chi connectivity index (χ2n) is 4.90. The van der Waals surface area contributed by atoms with Crippen molar-refractivity contribution >= 4 is 10.0 Å². The monoisotopic (exact) mass is 237 g/mol. The minimum absolute atomic E-state index is 0.0176. The first kappa shape index (κ1) is 10.3. The van der Waals surface area contributed by atoms with Crippen LogP contribution in [-0.4, -0.2) is 24.8 Å². The fraction of sp³-hybridized carbons (Fsp3) is 0.500. The zero-order valence-electron chi connectivity index (χ0n) is 9.31. The first-order chi connectivity index (χ1) is 7.55. The van der Waals surface area contributed by atoms with Crippen LogP contribution in [0.15, 0.2) is 29.2 Å². The number of hydrogen-bond donors (Lipinski definition) is 0. The Kier molecular flexibility index (Phi) is 1.98. The summed E-state index contributed by atoms with van der Waals surface area (Å²) in [6.07, 6.45) is 3.25. The number of rotatable bonds is 2. The molecule has 1 unspecified atom stereocenters. The summed E-state index contributed by atoms with van der Waals surface area (Å²) in [5.74, 6) is 0. The van der Waals surface area contributed by atoms with Crippen LogP contribution in [0.2, 0.25) is 0 Å². The van der Waals surface area contributed by atoms with Gasteiger partial charge in [-0.1, -0.05) is 17.7 Å². The van der Waals surface area contributed by atoms with Crippen molar-refractivity contribution < 1.29 is 8.42 Å². The van der Waals surface area contributed by atoms with E-state index >= 15 is 0 Å². The minimum atomic E-state index is -3.22. The van der Waals surface area contributed by atoms with Gasteiger partial charge in [0.15, 0.2) is 0 Å². The molecule has 1 aromatic rings. The Morgan fingerprint density at radius 1 is 1.19 bits per heavy atom. The molecule has 16 heavy (non-hydrogen) atoms. The van der Waals surface area contributed by atoms with Crippen molar-refractivity contribution in [3.63, 3.8) is 0 Å². The molecular formula is C12H15NO2S. The van der Waals surface area contributed by atoms with E-state index in [2.05, 4.69) is 0 Å². The summed E-state index contributed by atoms with van der Waals surface area (Å²) in [5, 5.41) is 0. The van der Waals surface area contributed by atoms with Gasteiger partial charge >= 0.3 is 0 Å². The van der Waals surface area contributed by atoms with Gasteiger partial charge in [-0.25, -0.2) is 8.42 Å². The topological polar surface area (TPSA) is 37.1 Å². The molecule has 4 heteroatoms. The van der Waals surface area contributed by atoms with Gasteiger partial charge in [-0.2, -0.15) is 4.31 Å². The molecule has 1 aliphatic carbocycles. The van der Waals surface area contributed by atoms with E-state index in [9.17, 15) is 8.42 Å². The highest BCUT2D eigenvalue weighted by atomic mass is 32.2. The molecule has 0 bridgehead atoms. The number of nitrogens with zero attached hydrogens (tertiary/aromatic N) is 1. The molecule has 0 aromatic heterocycles. The van der Waals surface area contributed by atoms with Gasteiger partial charge in [-0.15, -0.1) is 0 Å². The van der Waals surface area contributed by atoms with Crippen molar-refractivity contribution in [1.29, 1.82) is 0 Å². The molecule has 0 amide bonds. The van der Waals surface area contributed by atoms with E-state index in [1.165, 1.54) is 6.42 Å². The van der Waals surface area contributed by atoms with Crippen molar-refractivity contribution in [3.8, 4) is 0 Å². The van der Waals surface area contributed by atoms with Gasteiger partial charge in [0.05, 0.1) is 10.4 Å². The predicted octanol–water partition coefficient (Wildman–Crippen LogP) is 1.92.